The molecule has 12 heteroatoms. The first-order valence-electron chi connectivity index (χ1n) is 10.3. The van der Waals surface area contributed by atoms with E-state index in [1.165, 1.54) is 0 Å². The van der Waals surface area contributed by atoms with Gasteiger partial charge in [0.1, 0.15) is 0 Å². The minimum Gasteiger partial charge on any atom is -0.374 e. The monoisotopic (exact) mass is 548 g/mol. The molecule has 0 bridgehead atoms. The van der Waals surface area contributed by atoms with Crippen molar-refractivity contribution in [3.8, 4) is 0 Å². The quantitative estimate of drug-likeness (QED) is 0.243. The molecule has 0 heterocycles. The smallest absolute Gasteiger partial charge is 0.374 e. The van der Waals surface area contributed by atoms with Crippen LogP contribution in [0.2, 0.25) is 12.1 Å². The van der Waals surface area contributed by atoms with Gasteiger partial charge in [0, 0.05) is 51.7 Å². The Morgan fingerprint density at radius 3 is 0.633 bits per heavy atom. The maximum absolute atomic E-state index is 5.65. The second kappa shape index (κ2) is 30.6. The standard InChI is InChI=1S/2C9H22O3Si.4H2S/c2*1-5-9-13(10-6-2,11-7-3)12-8-4;;;;/h2*5-9H2,1-4H3;4*1H2. The van der Waals surface area contributed by atoms with E-state index in [9.17, 15) is 0 Å². The summed E-state index contributed by atoms with van der Waals surface area (Å²) in [5.74, 6) is 0. The van der Waals surface area contributed by atoms with Gasteiger partial charge < -0.3 is 26.6 Å². The van der Waals surface area contributed by atoms with E-state index in [0.29, 0.717) is 39.6 Å². The van der Waals surface area contributed by atoms with Gasteiger partial charge in [-0.2, -0.15) is 54.0 Å². The number of hydrogen-bond acceptors (Lipinski definition) is 6. The van der Waals surface area contributed by atoms with Gasteiger partial charge in [0.15, 0.2) is 0 Å². The zero-order valence-electron chi connectivity index (χ0n) is 20.5. The fraction of sp³-hybridized carbons (Fsp3) is 1.00. The van der Waals surface area contributed by atoms with E-state index in [0.717, 1.165) is 24.9 Å². The Balaban J connectivity index is -0.0000000847. The van der Waals surface area contributed by atoms with Gasteiger partial charge in [-0.25, -0.2) is 0 Å². The van der Waals surface area contributed by atoms with Gasteiger partial charge in [-0.3, -0.25) is 0 Å². The summed E-state index contributed by atoms with van der Waals surface area (Å²) in [6.07, 6.45) is 2.10. The highest BCUT2D eigenvalue weighted by atomic mass is 32.1. The van der Waals surface area contributed by atoms with E-state index in [1.54, 1.807) is 0 Å². The molecule has 0 radical (unpaired) electrons. The van der Waals surface area contributed by atoms with Crippen molar-refractivity contribution in [1.29, 1.82) is 0 Å². The van der Waals surface area contributed by atoms with Crippen molar-refractivity contribution in [2.24, 2.45) is 0 Å². The molecule has 0 unspecified atom stereocenters. The molecule has 0 aromatic rings. The Kier molecular flexibility index (Phi) is 46.0. The van der Waals surface area contributed by atoms with Crippen LogP contribution in [0.25, 0.3) is 0 Å². The number of hydrogen-bond donors (Lipinski definition) is 0. The van der Waals surface area contributed by atoms with Crippen molar-refractivity contribution in [3.05, 3.63) is 0 Å². The van der Waals surface area contributed by atoms with Gasteiger partial charge in [0.25, 0.3) is 0 Å². The molecule has 192 valence electrons. The molecule has 0 rings (SSSR count). The summed E-state index contributed by atoms with van der Waals surface area (Å²) in [7, 11) is -4.59. The molecule has 0 saturated carbocycles. The highest BCUT2D eigenvalue weighted by molar-refractivity contribution is 7.59. The summed E-state index contributed by atoms with van der Waals surface area (Å²) in [4.78, 5) is 0. The predicted octanol–water partition coefficient (Wildman–Crippen LogP) is 5.34. The Hall–Kier alpha value is 1.59. The van der Waals surface area contributed by atoms with Crippen LogP contribution >= 0.6 is 54.0 Å². The van der Waals surface area contributed by atoms with E-state index in [-0.39, 0.29) is 54.0 Å². The van der Waals surface area contributed by atoms with Crippen LogP contribution in [-0.2, 0) is 26.6 Å². The zero-order chi connectivity index (χ0) is 20.3. The van der Waals surface area contributed by atoms with Crippen LogP contribution < -0.4 is 0 Å². The van der Waals surface area contributed by atoms with Crippen molar-refractivity contribution in [3.63, 3.8) is 0 Å². The van der Waals surface area contributed by atoms with E-state index in [2.05, 4.69) is 13.8 Å². The minimum absolute atomic E-state index is 0. The summed E-state index contributed by atoms with van der Waals surface area (Å²) in [5, 5.41) is 0. The third kappa shape index (κ3) is 21.4. The topological polar surface area (TPSA) is 55.4 Å². The summed E-state index contributed by atoms with van der Waals surface area (Å²) in [6.45, 7) is 20.2. The largest absolute Gasteiger partial charge is 0.500 e. The van der Waals surface area contributed by atoms with E-state index in [4.69, 9.17) is 26.6 Å². The SMILES string of the molecule is CCC[Si](OCC)(OCC)OCC.CCC[Si](OCC)(OCC)OCC.S.S.S.S. The second-order valence-electron chi connectivity index (χ2n) is 5.46. The van der Waals surface area contributed by atoms with Gasteiger partial charge in [-0.15, -0.1) is 0 Å². The maximum Gasteiger partial charge on any atom is 0.500 e. The van der Waals surface area contributed by atoms with Crippen molar-refractivity contribution < 1.29 is 26.6 Å². The van der Waals surface area contributed by atoms with E-state index < -0.39 is 17.6 Å². The first-order valence-corrected chi connectivity index (χ1v) is 14.2. The summed E-state index contributed by atoms with van der Waals surface area (Å²) in [6, 6.07) is 1.84. The lowest BCUT2D eigenvalue weighted by Gasteiger charge is -2.27. The molecule has 0 aromatic heterocycles. The molecule has 0 amide bonds. The molecule has 0 saturated heterocycles. The highest BCUT2D eigenvalue weighted by Crippen LogP contribution is 2.18. The Morgan fingerprint density at radius 2 is 0.533 bits per heavy atom. The van der Waals surface area contributed by atoms with Crippen LogP contribution in [0.15, 0.2) is 0 Å². The molecular weight excluding hydrogens is 497 g/mol. The van der Waals surface area contributed by atoms with Gasteiger partial charge in [0.05, 0.1) is 0 Å². The van der Waals surface area contributed by atoms with Crippen molar-refractivity contribution in [1.82, 2.24) is 0 Å². The highest BCUT2D eigenvalue weighted by Gasteiger charge is 2.39. The minimum atomic E-state index is -2.30. The summed E-state index contributed by atoms with van der Waals surface area (Å²) >= 11 is 0. The third-order valence-electron chi connectivity index (χ3n) is 3.30. The molecule has 6 nitrogen and oxygen atoms in total. The van der Waals surface area contributed by atoms with Crippen LogP contribution in [-0.4, -0.2) is 57.3 Å². The van der Waals surface area contributed by atoms with Crippen LogP contribution in [0, 0.1) is 0 Å². The van der Waals surface area contributed by atoms with Crippen molar-refractivity contribution in [2.45, 2.75) is 80.3 Å². The normalized spacial score (nSPS) is 10.4. The molecule has 0 spiro atoms. The van der Waals surface area contributed by atoms with Crippen LogP contribution in [0.3, 0.4) is 0 Å². The Morgan fingerprint density at radius 1 is 0.367 bits per heavy atom. The average Bonchev–Trinajstić information content (AvgIpc) is 2.57. The molecule has 0 aliphatic rings. The summed E-state index contributed by atoms with van der Waals surface area (Å²) < 4.78 is 33.9. The fourth-order valence-electron chi connectivity index (χ4n) is 2.61. The van der Waals surface area contributed by atoms with Gasteiger partial charge >= 0.3 is 17.6 Å². The fourth-order valence-corrected chi connectivity index (χ4v) is 7.84. The van der Waals surface area contributed by atoms with Gasteiger partial charge in [-0.05, 0) is 41.5 Å². The first kappa shape index (κ1) is 45.1. The molecule has 0 fully saturated rings. The maximum atomic E-state index is 5.65. The summed E-state index contributed by atoms with van der Waals surface area (Å²) in [5.41, 5.74) is 0. The van der Waals surface area contributed by atoms with Crippen molar-refractivity contribution in [2.75, 3.05) is 39.6 Å². The second-order valence-corrected chi connectivity index (χ2v) is 10.9. The molecule has 0 aliphatic carbocycles. The van der Waals surface area contributed by atoms with Gasteiger partial charge in [-0.1, -0.05) is 26.7 Å². The lowest BCUT2D eigenvalue weighted by molar-refractivity contribution is 0.0703. The van der Waals surface area contributed by atoms with Crippen LogP contribution in [0.1, 0.15) is 68.2 Å². The number of rotatable bonds is 16. The van der Waals surface area contributed by atoms with E-state index >= 15 is 0 Å². The molecule has 0 N–H and O–H groups in total. The van der Waals surface area contributed by atoms with Crippen LogP contribution in [0.4, 0.5) is 0 Å². The lowest BCUT2D eigenvalue weighted by Crippen LogP contribution is -2.45. The third-order valence-corrected chi connectivity index (χ3v) is 9.89. The lowest BCUT2D eigenvalue weighted by atomic mass is 10.6. The first-order chi connectivity index (χ1) is 12.5. The molecule has 30 heavy (non-hydrogen) atoms. The van der Waals surface area contributed by atoms with Crippen LogP contribution in [0.5, 0.6) is 0 Å². The molecule has 0 atom stereocenters. The Bertz CT molecular complexity index is 225. The predicted molar refractivity (Wildman–Crippen MR) is 153 cm³/mol. The van der Waals surface area contributed by atoms with Crippen molar-refractivity contribution >= 4 is 71.6 Å². The molecular formula is C18H52O6S4Si2. The van der Waals surface area contributed by atoms with E-state index in [1.807, 2.05) is 41.5 Å². The van der Waals surface area contributed by atoms with Gasteiger partial charge in [0.2, 0.25) is 0 Å². The molecule has 0 aliphatic heterocycles. The Labute approximate surface area is 217 Å². The molecule has 0 aromatic carbocycles. The zero-order valence-corrected chi connectivity index (χ0v) is 26.5. The average molecular weight is 549 g/mol.